The van der Waals surface area contributed by atoms with E-state index in [1.54, 1.807) is 0 Å². The molecule has 0 amide bonds. The number of rotatable bonds is 24. The highest BCUT2D eigenvalue weighted by Crippen LogP contribution is 2.53. The zero-order chi connectivity index (χ0) is 57.4. The molecule has 3 aromatic heterocycles. The Hall–Kier alpha value is -6.21. The number of pyridine rings is 3. The Morgan fingerprint density at radius 2 is 0.718 bits per heavy atom. The van der Waals surface area contributed by atoms with Crippen LogP contribution in [0, 0.1) is 35.5 Å². The third-order valence-corrected chi connectivity index (χ3v) is 21.8. The van der Waals surface area contributed by atoms with E-state index >= 15 is 0 Å². The molecule has 9 fully saturated rings. The number of para-hydroxylation sites is 3. The molecule has 16 rings (SSSR count). The van der Waals surface area contributed by atoms with Crippen LogP contribution in [0.1, 0.15) is 90.2 Å². The number of quaternary nitrogens is 3. The maximum atomic E-state index is 7.16. The molecule has 9 unspecified atom stereocenters. The lowest BCUT2D eigenvalue weighted by Gasteiger charge is -2.59. The standard InChI is InChI=1S/C75H87N6O3.BrH/c1-7-37-82-73(64-25-31-76-67-22-16-13-19-61(64)67)70-43-58-28-34-79(70,49-55(58)10-4)46-52-40-53(47-80-35-29-59(56(11-5)50-80)44-71(80)74(83-38-8-2)65-26-32-77-68-23-17-14-20-62(65)68)42-54(41-52)48-81-36-30-60(57(12-6)51-81)45-72(81)75(84-39-9-3)66-27-33-78-69-24-18-15-21-63(66)69;/h7-27,31-33,40-42,55-60,70-75H,1-6,28-30,34-39,43-51H2;1H/q+3;/p-1/t55?,56?,57?,58?,59?,60?,70-,71-,72-,73+,74+,75+,79?,80?,81?;/m0./s1. The van der Waals surface area contributed by atoms with Crippen LogP contribution in [0.25, 0.3) is 32.7 Å². The molecule has 9 aliphatic heterocycles. The van der Waals surface area contributed by atoms with Gasteiger partial charge in [0.15, 0.2) is 0 Å². The van der Waals surface area contributed by atoms with Crippen molar-refractivity contribution in [3.63, 3.8) is 0 Å². The Bertz CT molecular complexity index is 3210. The topological polar surface area (TPSA) is 66.4 Å². The SMILES string of the molecule is C=CCO[C@H](c1ccnc2ccccc12)[C@@H]1CC2CC[N+]1(Cc1cc(C[N+]34CCC(C[C@H]3[C@H](OCC=C)c3ccnc5ccccc35)C(C=C)C4)cc(C[N+]34CCC(C[C@H]3[C@H](OCC=C)c3ccnc5ccccc35)C(C=C)C4)c1)CC2C=C.[Br-]. The minimum atomic E-state index is -0.144. The molecule has 12 heterocycles. The van der Waals surface area contributed by atoms with Crippen LogP contribution in [0.15, 0.2) is 204 Å². The lowest BCUT2D eigenvalue weighted by Crippen LogP contribution is -3.00. The number of benzene rings is 4. The quantitative estimate of drug-likeness (QED) is 0.0444. The fourth-order valence-corrected chi connectivity index (χ4v) is 18.1. The van der Waals surface area contributed by atoms with Gasteiger partial charge in [0.2, 0.25) is 0 Å². The zero-order valence-corrected chi connectivity index (χ0v) is 51.4. The maximum Gasteiger partial charge on any atom is 0.135 e. The number of nitrogens with zero attached hydrogens (tertiary/aromatic N) is 6. The summed E-state index contributed by atoms with van der Waals surface area (Å²) in [4.78, 5) is 14.6. The molecule has 6 bridgehead atoms. The summed E-state index contributed by atoms with van der Waals surface area (Å²) in [6, 6.07) is 41.1. The van der Waals surface area contributed by atoms with Crippen molar-refractivity contribution >= 4 is 32.7 Å². The largest absolute Gasteiger partial charge is 1.00 e. The smallest absolute Gasteiger partial charge is 0.135 e. The third kappa shape index (κ3) is 11.1. The van der Waals surface area contributed by atoms with E-state index in [4.69, 9.17) is 29.2 Å². The first-order valence-corrected chi connectivity index (χ1v) is 31.5. The van der Waals surface area contributed by atoms with Crippen LogP contribution in [-0.2, 0) is 33.8 Å². The Morgan fingerprint density at radius 1 is 0.424 bits per heavy atom. The molecule has 4 aromatic carbocycles. The summed E-state index contributed by atoms with van der Waals surface area (Å²) in [5.74, 6) is 2.94. The molecular formula is C75H87BrN6O3+2. The Labute approximate surface area is 515 Å². The van der Waals surface area contributed by atoms with Crippen LogP contribution < -0.4 is 17.0 Å². The van der Waals surface area contributed by atoms with Crippen LogP contribution in [0.5, 0.6) is 0 Å². The van der Waals surface area contributed by atoms with Crippen LogP contribution >= 0.6 is 0 Å². The van der Waals surface area contributed by atoms with Crippen molar-refractivity contribution in [2.45, 2.75) is 94.6 Å². The summed E-state index contributed by atoms with van der Waals surface area (Å²) in [5.41, 5.74) is 11.0. The monoisotopic (exact) mass is 1200 g/mol. The van der Waals surface area contributed by atoms with Crippen molar-refractivity contribution in [1.29, 1.82) is 0 Å². The first-order valence-electron chi connectivity index (χ1n) is 31.5. The van der Waals surface area contributed by atoms with Gasteiger partial charge in [0, 0.05) is 108 Å². The van der Waals surface area contributed by atoms with E-state index in [0.29, 0.717) is 55.3 Å². The Kier molecular flexibility index (Phi) is 17.6. The average molecular weight is 1200 g/mol. The lowest BCUT2D eigenvalue weighted by molar-refractivity contribution is -0.986. The first-order chi connectivity index (χ1) is 41.2. The number of halogens is 1. The van der Waals surface area contributed by atoms with E-state index in [0.717, 1.165) is 108 Å². The first kappa shape index (κ1) is 59.1. The summed E-state index contributed by atoms with van der Waals surface area (Å²) < 4.78 is 24.3. The van der Waals surface area contributed by atoms with Gasteiger partial charge >= 0.3 is 0 Å². The molecule has 10 heteroatoms. The van der Waals surface area contributed by atoms with E-state index in [9.17, 15) is 0 Å². The molecule has 15 atom stereocenters. The fraction of sp³-hybridized carbons (Fsp3) is 0.400. The normalized spacial score (nSPS) is 30.3. The molecule has 9 saturated heterocycles. The van der Waals surface area contributed by atoms with Crippen molar-refractivity contribution in [3.8, 4) is 0 Å². The molecule has 9 aliphatic rings. The van der Waals surface area contributed by atoms with E-state index in [2.05, 4.69) is 167 Å². The lowest BCUT2D eigenvalue weighted by atomic mass is 9.70. The van der Waals surface area contributed by atoms with Crippen molar-refractivity contribution in [1.82, 2.24) is 15.0 Å². The van der Waals surface area contributed by atoms with E-state index in [1.165, 1.54) is 68.8 Å². The van der Waals surface area contributed by atoms with E-state index in [-0.39, 0.29) is 53.4 Å². The van der Waals surface area contributed by atoms with Gasteiger partial charge in [-0.25, -0.2) is 0 Å². The van der Waals surface area contributed by atoms with Gasteiger partial charge in [-0.2, -0.15) is 0 Å². The van der Waals surface area contributed by atoms with E-state index in [1.807, 2.05) is 36.8 Å². The maximum absolute atomic E-state index is 7.16. The second-order valence-electron chi connectivity index (χ2n) is 26.1. The van der Waals surface area contributed by atoms with Gasteiger partial charge in [0.25, 0.3) is 0 Å². The minimum Gasteiger partial charge on any atom is -1.00 e. The molecule has 0 spiro atoms. The summed E-state index contributed by atoms with van der Waals surface area (Å²) in [5, 5.41) is 3.51. The molecular weight excluding hydrogens is 1110 g/mol. The Morgan fingerprint density at radius 3 is 1.00 bits per heavy atom. The van der Waals surface area contributed by atoms with Gasteiger partial charge < -0.3 is 44.6 Å². The molecule has 9 nitrogen and oxygen atoms in total. The van der Waals surface area contributed by atoms with Gasteiger partial charge in [-0.15, -0.1) is 39.5 Å². The van der Waals surface area contributed by atoms with Gasteiger partial charge in [0.05, 0.1) is 75.6 Å². The molecule has 85 heavy (non-hydrogen) atoms. The molecule has 0 saturated carbocycles. The number of piperidine rings is 9. The minimum absolute atomic E-state index is 0. The number of fused-ring (bicyclic) bond motifs is 12. The van der Waals surface area contributed by atoms with Crippen LogP contribution in [0.3, 0.4) is 0 Å². The average Bonchev–Trinajstić information content (AvgIpc) is 2.16. The van der Waals surface area contributed by atoms with Gasteiger partial charge in [0.1, 0.15) is 56.1 Å². The third-order valence-electron chi connectivity index (χ3n) is 21.8. The highest BCUT2D eigenvalue weighted by atomic mass is 79.9. The molecule has 0 N–H and O–H groups in total. The molecule has 7 aromatic rings. The highest BCUT2D eigenvalue weighted by Gasteiger charge is 2.58. The predicted octanol–water partition coefficient (Wildman–Crippen LogP) is 11.9. The summed E-state index contributed by atoms with van der Waals surface area (Å²) >= 11 is 0. The summed E-state index contributed by atoms with van der Waals surface area (Å²) in [6.45, 7) is 36.7. The van der Waals surface area contributed by atoms with Crippen molar-refractivity contribution in [3.05, 3.63) is 237 Å². The van der Waals surface area contributed by atoms with Crippen molar-refractivity contribution in [2.24, 2.45) is 35.5 Å². The second-order valence-corrected chi connectivity index (χ2v) is 26.1. The van der Waals surface area contributed by atoms with Crippen LogP contribution in [0.2, 0.25) is 0 Å². The number of ether oxygens (including phenoxy) is 3. The molecule has 0 radical (unpaired) electrons. The predicted molar refractivity (Wildman–Crippen MR) is 340 cm³/mol. The van der Waals surface area contributed by atoms with Gasteiger partial charge in [-0.1, -0.05) is 91.1 Å². The van der Waals surface area contributed by atoms with Gasteiger partial charge in [-0.05, 0) is 89.0 Å². The number of hydrogen-bond acceptors (Lipinski definition) is 6. The Balaban J connectivity index is 0.00000709. The van der Waals surface area contributed by atoms with Gasteiger partial charge in [-0.3, -0.25) is 15.0 Å². The zero-order valence-electron chi connectivity index (χ0n) is 49.8. The van der Waals surface area contributed by atoms with Crippen LogP contribution in [0.4, 0.5) is 0 Å². The summed E-state index contributed by atoms with van der Waals surface area (Å²) in [6.07, 6.45) is 24.9. The summed E-state index contributed by atoms with van der Waals surface area (Å²) in [7, 11) is 0. The fourth-order valence-electron chi connectivity index (χ4n) is 18.1. The molecule has 440 valence electrons. The van der Waals surface area contributed by atoms with Crippen LogP contribution in [-0.4, -0.2) is 106 Å². The van der Waals surface area contributed by atoms with E-state index < -0.39 is 0 Å². The number of aromatic nitrogens is 3. The second kappa shape index (κ2) is 25.2. The van der Waals surface area contributed by atoms with Crippen molar-refractivity contribution in [2.75, 3.05) is 59.1 Å². The van der Waals surface area contributed by atoms with Crippen molar-refractivity contribution < 1.29 is 44.6 Å². The highest BCUT2D eigenvalue weighted by molar-refractivity contribution is 5.84. The molecule has 0 aliphatic carbocycles. The number of hydrogen-bond donors (Lipinski definition) is 0.